The van der Waals surface area contributed by atoms with Gasteiger partial charge in [-0.15, -0.1) is 5.10 Å². The Balaban J connectivity index is 1.89. The van der Waals surface area contributed by atoms with Crippen LogP contribution in [-0.4, -0.2) is 35.3 Å². The van der Waals surface area contributed by atoms with E-state index in [0.29, 0.717) is 12.0 Å². The van der Waals surface area contributed by atoms with Crippen LogP contribution in [0.15, 0.2) is 0 Å². The molecular weight excluding hydrogens is 216 g/mol. The van der Waals surface area contributed by atoms with Gasteiger partial charge < -0.3 is 10.1 Å². The highest BCUT2D eigenvalue weighted by Crippen LogP contribution is 2.39. The van der Waals surface area contributed by atoms with Crippen LogP contribution < -0.4 is 5.32 Å². The quantitative estimate of drug-likeness (QED) is 0.854. The van der Waals surface area contributed by atoms with Crippen LogP contribution in [0.25, 0.3) is 0 Å². The lowest BCUT2D eigenvalue weighted by atomic mass is 9.94. The van der Waals surface area contributed by atoms with Crippen molar-refractivity contribution in [2.24, 2.45) is 0 Å². The first-order valence-electron chi connectivity index (χ1n) is 6.56. The van der Waals surface area contributed by atoms with E-state index in [9.17, 15) is 0 Å². The van der Waals surface area contributed by atoms with Crippen molar-refractivity contribution in [2.75, 3.05) is 20.3 Å². The van der Waals surface area contributed by atoms with Crippen LogP contribution in [0, 0.1) is 0 Å². The number of aromatic nitrogens is 3. The van der Waals surface area contributed by atoms with Crippen molar-refractivity contribution in [1.82, 2.24) is 20.3 Å². The Morgan fingerprint density at radius 3 is 2.71 bits per heavy atom. The van der Waals surface area contributed by atoms with E-state index in [1.807, 2.05) is 7.05 Å². The molecule has 0 bridgehead atoms. The Morgan fingerprint density at radius 2 is 2.06 bits per heavy atom. The van der Waals surface area contributed by atoms with E-state index >= 15 is 0 Å². The molecule has 5 nitrogen and oxygen atoms in total. The predicted molar refractivity (Wildman–Crippen MR) is 63.9 cm³/mol. The van der Waals surface area contributed by atoms with E-state index in [2.05, 4.69) is 20.3 Å². The lowest BCUT2D eigenvalue weighted by Gasteiger charge is -2.23. The first-order chi connectivity index (χ1) is 8.40. The van der Waals surface area contributed by atoms with Gasteiger partial charge in [0.05, 0.1) is 17.4 Å². The van der Waals surface area contributed by atoms with Gasteiger partial charge in [-0.1, -0.05) is 5.21 Å². The molecular formula is C12H20N4O. The zero-order valence-electron chi connectivity index (χ0n) is 10.4. The maximum Gasteiger partial charge on any atom is 0.0999 e. The van der Waals surface area contributed by atoms with E-state index in [1.165, 1.54) is 18.5 Å². The maximum atomic E-state index is 5.45. The molecule has 1 aliphatic carbocycles. The Kier molecular flexibility index (Phi) is 3.11. The fourth-order valence-electron chi connectivity index (χ4n) is 2.61. The van der Waals surface area contributed by atoms with Gasteiger partial charge >= 0.3 is 0 Å². The molecule has 1 N–H and O–H groups in total. The molecule has 1 aliphatic heterocycles. The van der Waals surface area contributed by atoms with E-state index in [1.54, 1.807) is 0 Å². The molecule has 2 aliphatic rings. The van der Waals surface area contributed by atoms with Gasteiger partial charge in [-0.2, -0.15) is 0 Å². The van der Waals surface area contributed by atoms with Gasteiger partial charge in [0, 0.05) is 25.7 Å². The van der Waals surface area contributed by atoms with Gasteiger partial charge in [-0.25, -0.2) is 4.68 Å². The summed E-state index contributed by atoms with van der Waals surface area (Å²) in [6.07, 6.45) is 4.74. The molecule has 2 fully saturated rings. The van der Waals surface area contributed by atoms with Crippen molar-refractivity contribution < 1.29 is 4.74 Å². The molecule has 17 heavy (non-hydrogen) atoms. The SMILES string of the molecule is CNCc1nnn(C2CC2)c1C1CCOCC1. The van der Waals surface area contributed by atoms with Crippen molar-refractivity contribution in [3.8, 4) is 0 Å². The third-order valence-corrected chi connectivity index (χ3v) is 3.65. The second-order valence-electron chi connectivity index (χ2n) is 5.01. The highest BCUT2D eigenvalue weighted by molar-refractivity contribution is 5.18. The van der Waals surface area contributed by atoms with E-state index in [0.717, 1.165) is 38.3 Å². The van der Waals surface area contributed by atoms with Crippen LogP contribution >= 0.6 is 0 Å². The Hall–Kier alpha value is -0.940. The molecule has 94 valence electrons. The first kappa shape index (κ1) is 11.2. The lowest BCUT2D eigenvalue weighted by Crippen LogP contribution is -2.20. The molecule has 5 heteroatoms. The Bertz CT molecular complexity index is 380. The minimum absolute atomic E-state index is 0.586. The van der Waals surface area contributed by atoms with E-state index in [4.69, 9.17) is 4.74 Å². The molecule has 3 rings (SSSR count). The zero-order chi connectivity index (χ0) is 11.7. The van der Waals surface area contributed by atoms with Crippen LogP contribution in [0.4, 0.5) is 0 Å². The van der Waals surface area contributed by atoms with Crippen LogP contribution in [0.2, 0.25) is 0 Å². The summed E-state index contributed by atoms with van der Waals surface area (Å²) in [5.41, 5.74) is 2.50. The first-order valence-corrected chi connectivity index (χ1v) is 6.56. The molecule has 0 aromatic carbocycles. The van der Waals surface area contributed by atoms with Crippen molar-refractivity contribution in [3.63, 3.8) is 0 Å². The standard InChI is InChI=1S/C12H20N4O/c1-13-8-11-12(9-4-6-17-7-5-9)16(15-14-11)10-2-3-10/h9-10,13H,2-8H2,1H3. The van der Waals surface area contributed by atoms with Crippen molar-refractivity contribution >= 4 is 0 Å². The van der Waals surface area contributed by atoms with Gasteiger partial charge in [-0.05, 0) is 32.7 Å². The van der Waals surface area contributed by atoms with Gasteiger partial charge in [0.2, 0.25) is 0 Å². The van der Waals surface area contributed by atoms with Gasteiger partial charge in [0.1, 0.15) is 0 Å². The largest absolute Gasteiger partial charge is 0.381 e. The number of hydrogen-bond donors (Lipinski definition) is 1. The van der Waals surface area contributed by atoms with Gasteiger partial charge in [0.25, 0.3) is 0 Å². The van der Waals surface area contributed by atoms with Crippen LogP contribution in [0.3, 0.4) is 0 Å². The summed E-state index contributed by atoms with van der Waals surface area (Å²) >= 11 is 0. The number of hydrogen-bond acceptors (Lipinski definition) is 4. The molecule has 0 unspecified atom stereocenters. The predicted octanol–water partition coefficient (Wildman–Crippen LogP) is 1.23. The number of nitrogens with zero attached hydrogens (tertiary/aromatic N) is 3. The normalized spacial score (nSPS) is 21.9. The molecule has 2 heterocycles. The van der Waals surface area contributed by atoms with Gasteiger partial charge in [-0.3, -0.25) is 0 Å². The number of nitrogens with one attached hydrogen (secondary N) is 1. The van der Waals surface area contributed by atoms with E-state index in [-0.39, 0.29) is 0 Å². The highest BCUT2D eigenvalue weighted by atomic mass is 16.5. The summed E-state index contributed by atoms with van der Waals surface area (Å²) < 4.78 is 7.63. The van der Waals surface area contributed by atoms with Gasteiger partial charge in [0.15, 0.2) is 0 Å². The molecule has 1 aromatic heterocycles. The fourth-order valence-corrected chi connectivity index (χ4v) is 2.61. The van der Waals surface area contributed by atoms with Crippen LogP contribution in [-0.2, 0) is 11.3 Å². The number of rotatable bonds is 4. The average Bonchev–Trinajstić information content (AvgIpc) is 3.13. The summed E-state index contributed by atoms with van der Waals surface area (Å²) in [5, 5.41) is 11.9. The average molecular weight is 236 g/mol. The third kappa shape index (κ3) is 2.21. The molecule has 0 spiro atoms. The lowest BCUT2D eigenvalue weighted by molar-refractivity contribution is 0.0832. The maximum absolute atomic E-state index is 5.45. The van der Waals surface area contributed by atoms with E-state index < -0.39 is 0 Å². The second-order valence-corrected chi connectivity index (χ2v) is 5.01. The number of ether oxygens (including phenoxy) is 1. The topological polar surface area (TPSA) is 52.0 Å². The molecule has 1 aromatic rings. The monoisotopic (exact) mass is 236 g/mol. The zero-order valence-corrected chi connectivity index (χ0v) is 10.4. The third-order valence-electron chi connectivity index (χ3n) is 3.65. The fraction of sp³-hybridized carbons (Fsp3) is 0.833. The summed E-state index contributed by atoms with van der Waals surface area (Å²) in [6, 6.07) is 0.617. The minimum atomic E-state index is 0.586. The Labute approximate surface area is 102 Å². The molecule has 0 atom stereocenters. The minimum Gasteiger partial charge on any atom is -0.381 e. The second kappa shape index (κ2) is 4.74. The van der Waals surface area contributed by atoms with Crippen molar-refractivity contribution in [3.05, 3.63) is 11.4 Å². The molecule has 1 saturated heterocycles. The van der Waals surface area contributed by atoms with Crippen LogP contribution in [0.5, 0.6) is 0 Å². The molecule has 0 radical (unpaired) electrons. The van der Waals surface area contributed by atoms with Crippen molar-refractivity contribution in [2.45, 2.75) is 44.2 Å². The van der Waals surface area contributed by atoms with Crippen molar-refractivity contribution in [1.29, 1.82) is 0 Å². The summed E-state index contributed by atoms with van der Waals surface area (Å²) in [5.74, 6) is 0.586. The molecule has 1 saturated carbocycles. The summed E-state index contributed by atoms with van der Waals surface area (Å²) in [6.45, 7) is 2.57. The van der Waals surface area contributed by atoms with Crippen LogP contribution in [0.1, 0.15) is 49.0 Å². The highest BCUT2D eigenvalue weighted by Gasteiger charge is 2.32. The smallest absolute Gasteiger partial charge is 0.0999 e. The summed E-state index contributed by atoms with van der Waals surface area (Å²) in [4.78, 5) is 0. The molecule has 0 amide bonds. The summed E-state index contributed by atoms with van der Waals surface area (Å²) in [7, 11) is 1.96. The Morgan fingerprint density at radius 1 is 1.29 bits per heavy atom.